The number of benzene rings is 3. The van der Waals surface area contributed by atoms with Crippen molar-refractivity contribution in [2.24, 2.45) is 5.73 Å². The van der Waals surface area contributed by atoms with Crippen LogP contribution in [0.5, 0.6) is 5.75 Å². The molecule has 0 spiro atoms. The smallest absolute Gasteiger partial charge is 0.339 e. The third kappa shape index (κ3) is 6.16. The van der Waals surface area contributed by atoms with Gasteiger partial charge in [-0.15, -0.1) is 0 Å². The van der Waals surface area contributed by atoms with Crippen LogP contribution in [0.1, 0.15) is 23.5 Å². The molecule has 0 fully saturated rings. The Morgan fingerprint density at radius 2 is 1.48 bits per heavy atom. The average Bonchev–Trinajstić information content (AvgIpc) is 2.79. The fourth-order valence-electron chi connectivity index (χ4n) is 3.34. The van der Waals surface area contributed by atoms with Gasteiger partial charge in [-0.3, -0.25) is 4.79 Å². The number of carbonyl (C=O) groups is 1. The van der Waals surface area contributed by atoms with Crippen molar-refractivity contribution >= 4 is 16.1 Å². The molecule has 3 rings (SSSR count). The first-order chi connectivity index (χ1) is 14.9. The Hall–Kier alpha value is -3.16. The summed E-state index contributed by atoms with van der Waals surface area (Å²) in [6.45, 7) is 0. The predicted octanol–water partition coefficient (Wildman–Crippen LogP) is 3.67. The Kier molecular flexibility index (Phi) is 7.44. The second-order valence-electron chi connectivity index (χ2n) is 7.16. The van der Waals surface area contributed by atoms with Crippen LogP contribution >= 0.6 is 0 Å². The summed E-state index contributed by atoms with van der Waals surface area (Å²) in [5.41, 5.74) is 8.32. The maximum Gasteiger partial charge on any atom is 0.339 e. The van der Waals surface area contributed by atoms with E-state index in [0.717, 1.165) is 11.1 Å². The molecule has 0 radical (unpaired) electrons. The van der Waals surface area contributed by atoms with Crippen molar-refractivity contribution < 1.29 is 22.1 Å². The van der Waals surface area contributed by atoms with Gasteiger partial charge in [0.2, 0.25) is 0 Å². The molecule has 0 aliphatic heterocycles. The molecule has 162 valence electrons. The predicted molar refractivity (Wildman–Crippen MR) is 118 cm³/mol. The van der Waals surface area contributed by atoms with E-state index < -0.39 is 16.2 Å². The van der Waals surface area contributed by atoms with Crippen molar-refractivity contribution in [3.05, 3.63) is 96.1 Å². The molecular formula is C24H25NO5S. The number of esters is 1. The van der Waals surface area contributed by atoms with E-state index in [0.29, 0.717) is 6.42 Å². The summed E-state index contributed by atoms with van der Waals surface area (Å²) in [5.74, 6) is -0.339. The highest BCUT2D eigenvalue weighted by Gasteiger charge is 2.24. The largest absolute Gasteiger partial charge is 0.469 e. The number of nitrogens with two attached hydrogens (primary N) is 1. The maximum atomic E-state index is 12.4. The monoisotopic (exact) mass is 439 g/mol. The highest BCUT2D eigenvalue weighted by molar-refractivity contribution is 7.87. The van der Waals surface area contributed by atoms with Crippen molar-refractivity contribution in [1.29, 1.82) is 0 Å². The summed E-state index contributed by atoms with van der Waals surface area (Å²) in [6, 6.07) is 24.1. The van der Waals surface area contributed by atoms with E-state index in [9.17, 15) is 13.2 Å². The highest BCUT2D eigenvalue weighted by atomic mass is 32.2. The van der Waals surface area contributed by atoms with Gasteiger partial charge in [0.15, 0.2) is 0 Å². The second kappa shape index (κ2) is 10.2. The highest BCUT2D eigenvalue weighted by Crippen LogP contribution is 2.28. The molecule has 2 unspecified atom stereocenters. The molecule has 7 heteroatoms. The lowest BCUT2D eigenvalue weighted by Gasteiger charge is -2.24. The normalized spacial score (nSPS) is 13.2. The molecular weight excluding hydrogens is 414 g/mol. The number of rotatable bonds is 9. The summed E-state index contributed by atoms with van der Waals surface area (Å²) >= 11 is 0. The van der Waals surface area contributed by atoms with Gasteiger partial charge in [0.05, 0.1) is 13.5 Å². The van der Waals surface area contributed by atoms with Crippen molar-refractivity contribution in [3.8, 4) is 5.75 Å². The van der Waals surface area contributed by atoms with Gasteiger partial charge in [0.25, 0.3) is 0 Å². The summed E-state index contributed by atoms with van der Waals surface area (Å²) in [7, 11) is -2.58. The molecule has 0 bridgehead atoms. The molecule has 31 heavy (non-hydrogen) atoms. The fourth-order valence-corrected chi connectivity index (χ4v) is 4.29. The summed E-state index contributed by atoms with van der Waals surface area (Å²) in [6.07, 6.45) is 0.705. The van der Waals surface area contributed by atoms with Crippen LogP contribution < -0.4 is 9.92 Å². The second-order valence-corrected chi connectivity index (χ2v) is 8.71. The SMILES string of the molecule is COC(=O)CC(N)C(Cc1ccccc1)c1ccc(OS(=O)(=O)c2ccccc2)cc1. The van der Waals surface area contributed by atoms with E-state index >= 15 is 0 Å². The number of hydrogen-bond acceptors (Lipinski definition) is 6. The van der Waals surface area contributed by atoms with E-state index in [1.165, 1.54) is 19.2 Å². The van der Waals surface area contributed by atoms with Crippen molar-refractivity contribution in [3.63, 3.8) is 0 Å². The number of methoxy groups -OCH3 is 1. The molecule has 0 aliphatic rings. The van der Waals surface area contributed by atoms with Gasteiger partial charge >= 0.3 is 16.1 Å². The fraction of sp³-hybridized carbons (Fsp3) is 0.208. The van der Waals surface area contributed by atoms with Crippen LogP contribution in [0.2, 0.25) is 0 Å². The Bertz CT molecular complexity index is 1080. The van der Waals surface area contributed by atoms with E-state index in [-0.39, 0.29) is 29.0 Å². The average molecular weight is 440 g/mol. The zero-order chi connectivity index (χ0) is 22.3. The van der Waals surface area contributed by atoms with Crippen LogP contribution in [0.25, 0.3) is 0 Å². The summed E-state index contributed by atoms with van der Waals surface area (Å²) < 4.78 is 34.9. The molecule has 0 saturated carbocycles. The summed E-state index contributed by atoms with van der Waals surface area (Å²) in [5, 5.41) is 0. The zero-order valence-corrected chi connectivity index (χ0v) is 18.0. The molecule has 3 aromatic rings. The van der Waals surface area contributed by atoms with Crippen molar-refractivity contribution in [2.75, 3.05) is 7.11 Å². The van der Waals surface area contributed by atoms with Gasteiger partial charge in [-0.25, -0.2) is 0 Å². The number of hydrogen-bond donors (Lipinski definition) is 1. The zero-order valence-electron chi connectivity index (χ0n) is 17.2. The van der Waals surface area contributed by atoms with E-state index in [2.05, 4.69) is 0 Å². The Balaban J connectivity index is 1.81. The number of carbonyl (C=O) groups excluding carboxylic acids is 1. The topological polar surface area (TPSA) is 95.7 Å². The third-order valence-electron chi connectivity index (χ3n) is 4.99. The Morgan fingerprint density at radius 1 is 0.903 bits per heavy atom. The van der Waals surface area contributed by atoms with Gasteiger partial charge in [0, 0.05) is 12.0 Å². The first-order valence-electron chi connectivity index (χ1n) is 9.85. The first-order valence-corrected chi connectivity index (χ1v) is 11.3. The lowest BCUT2D eigenvalue weighted by atomic mass is 9.85. The van der Waals surface area contributed by atoms with Gasteiger partial charge in [-0.2, -0.15) is 8.42 Å². The van der Waals surface area contributed by atoms with Gasteiger partial charge in [-0.05, 0) is 41.8 Å². The summed E-state index contributed by atoms with van der Waals surface area (Å²) in [4.78, 5) is 11.9. The molecule has 0 amide bonds. The standard InChI is InChI=1S/C24H25NO5S/c1-29-24(26)17-23(25)22(16-18-8-4-2-5-9-18)19-12-14-20(15-13-19)30-31(27,28)21-10-6-3-7-11-21/h2-15,22-23H,16-17,25H2,1H3. The van der Waals surface area contributed by atoms with Gasteiger partial charge < -0.3 is 14.7 Å². The van der Waals surface area contributed by atoms with Gasteiger partial charge in [-0.1, -0.05) is 60.7 Å². The molecule has 0 aromatic heterocycles. The van der Waals surface area contributed by atoms with E-state index in [4.69, 9.17) is 14.7 Å². The lowest BCUT2D eigenvalue weighted by Crippen LogP contribution is -2.32. The third-order valence-corrected chi connectivity index (χ3v) is 6.25. The number of ether oxygens (including phenoxy) is 1. The van der Waals surface area contributed by atoms with Gasteiger partial charge in [0.1, 0.15) is 10.6 Å². The van der Waals surface area contributed by atoms with Crippen LogP contribution in [0.3, 0.4) is 0 Å². The lowest BCUT2D eigenvalue weighted by molar-refractivity contribution is -0.141. The molecule has 2 N–H and O–H groups in total. The Labute approximate surface area is 182 Å². The maximum absolute atomic E-state index is 12.4. The van der Waals surface area contributed by atoms with E-state index in [1.807, 2.05) is 30.3 Å². The molecule has 0 heterocycles. The van der Waals surface area contributed by atoms with Crippen molar-refractivity contribution in [2.45, 2.75) is 29.7 Å². The van der Waals surface area contributed by atoms with Crippen LogP contribution in [0, 0.1) is 0 Å². The minimum atomic E-state index is -3.92. The molecule has 0 saturated heterocycles. The molecule has 6 nitrogen and oxygen atoms in total. The van der Waals surface area contributed by atoms with Crippen LogP contribution in [-0.2, 0) is 26.1 Å². The van der Waals surface area contributed by atoms with Crippen molar-refractivity contribution in [1.82, 2.24) is 0 Å². The van der Waals surface area contributed by atoms with Crippen LogP contribution in [0.4, 0.5) is 0 Å². The molecule has 2 atom stereocenters. The minimum Gasteiger partial charge on any atom is -0.469 e. The first kappa shape index (κ1) is 22.5. The minimum absolute atomic E-state index is 0.0780. The van der Waals surface area contributed by atoms with E-state index in [1.54, 1.807) is 42.5 Å². The van der Waals surface area contributed by atoms with Crippen LogP contribution in [-0.4, -0.2) is 27.5 Å². The van der Waals surface area contributed by atoms with Crippen LogP contribution in [0.15, 0.2) is 89.8 Å². The molecule has 3 aromatic carbocycles. The Morgan fingerprint density at radius 3 is 2.06 bits per heavy atom. The quantitative estimate of drug-likeness (QED) is 0.404. The molecule has 0 aliphatic carbocycles.